The molecule has 0 aliphatic rings. The quantitative estimate of drug-likeness (QED) is 0.657. The SMILES string of the molecule is C=C(/C=C(\Nc1cccc(C#N)c1)C(=O)O)C(F)(F)F. The van der Waals surface area contributed by atoms with Crippen molar-refractivity contribution < 1.29 is 23.1 Å². The van der Waals surface area contributed by atoms with Crippen LogP contribution in [0.5, 0.6) is 0 Å². The van der Waals surface area contributed by atoms with E-state index in [1.807, 2.05) is 6.07 Å². The molecule has 0 unspecified atom stereocenters. The number of hydrogen-bond donors (Lipinski definition) is 2. The molecule has 0 radical (unpaired) electrons. The molecule has 0 fully saturated rings. The second-order valence-electron chi connectivity index (χ2n) is 3.70. The van der Waals surface area contributed by atoms with E-state index in [9.17, 15) is 18.0 Å². The van der Waals surface area contributed by atoms with Crippen LogP contribution in [0.15, 0.2) is 48.2 Å². The fraction of sp³-hybridized carbons (Fsp3) is 0.0769. The van der Waals surface area contributed by atoms with Crippen LogP contribution in [0.3, 0.4) is 0 Å². The van der Waals surface area contributed by atoms with E-state index in [1.54, 1.807) is 0 Å². The number of nitrogens with zero attached hydrogens (tertiary/aromatic N) is 1. The highest BCUT2D eigenvalue weighted by Crippen LogP contribution is 2.26. The van der Waals surface area contributed by atoms with Gasteiger partial charge >= 0.3 is 12.1 Å². The molecular formula is C13H9F3N2O2. The van der Waals surface area contributed by atoms with Crippen molar-refractivity contribution >= 4 is 11.7 Å². The summed E-state index contributed by atoms with van der Waals surface area (Å²) < 4.78 is 37.0. The van der Waals surface area contributed by atoms with Gasteiger partial charge in [0.2, 0.25) is 0 Å². The smallest absolute Gasteiger partial charge is 0.415 e. The van der Waals surface area contributed by atoms with Crippen LogP contribution in [0.4, 0.5) is 18.9 Å². The number of carboxylic acids is 1. The van der Waals surface area contributed by atoms with Gasteiger partial charge in [-0.25, -0.2) is 4.79 Å². The van der Waals surface area contributed by atoms with E-state index in [1.165, 1.54) is 24.3 Å². The van der Waals surface area contributed by atoms with E-state index in [-0.39, 0.29) is 11.3 Å². The Morgan fingerprint density at radius 2 is 2.10 bits per heavy atom. The van der Waals surface area contributed by atoms with E-state index < -0.39 is 23.4 Å². The molecule has 7 heteroatoms. The van der Waals surface area contributed by atoms with Crippen molar-refractivity contribution in [3.8, 4) is 6.07 Å². The number of carboxylic acid groups (broad SMARTS) is 1. The molecule has 4 nitrogen and oxygen atoms in total. The molecule has 0 aliphatic heterocycles. The average molecular weight is 282 g/mol. The zero-order valence-electron chi connectivity index (χ0n) is 10.0. The average Bonchev–Trinajstić information content (AvgIpc) is 2.36. The van der Waals surface area contributed by atoms with Crippen molar-refractivity contribution in [1.82, 2.24) is 0 Å². The molecule has 0 aromatic heterocycles. The van der Waals surface area contributed by atoms with Gasteiger partial charge < -0.3 is 10.4 Å². The Morgan fingerprint density at radius 3 is 2.60 bits per heavy atom. The number of benzene rings is 1. The number of nitrogens with one attached hydrogen (secondary N) is 1. The Morgan fingerprint density at radius 1 is 1.45 bits per heavy atom. The first kappa shape index (κ1) is 15.3. The highest BCUT2D eigenvalue weighted by Gasteiger charge is 2.31. The predicted molar refractivity (Wildman–Crippen MR) is 65.7 cm³/mol. The van der Waals surface area contributed by atoms with Gasteiger partial charge in [-0.2, -0.15) is 18.4 Å². The summed E-state index contributed by atoms with van der Waals surface area (Å²) in [5, 5.41) is 19.9. The van der Waals surface area contributed by atoms with Crippen LogP contribution in [0.25, 0.3) is 0 Å². The Kier molecular flexibility index (Phi) is 4.54. The Hall–Kier alpha value is -2.75. The van der Waals surface area contributed by atoms with Gasteiger partial charge in [-0.3, -0.25) is 0 Å². The number of hydrogen-bond acceptors (Lipinski definition) is 3. The van der Waals surface area contributed by atoms with Crippen LogP contribution in [-0.2, 0) is 4.79 Å². The normalized spacial score (nSPS) is 11.6. The number of carbonyl (C=O) groups is 1. The van der Waals surface area contributed by atoms with Crippen molar-refractivity contribution in [2.75, 3.05) is 5.32 Å². The second-order valence-corrected chi connectivity index (χ2v) is 3.70. The Bertz CT molecular complexity index is 613. The maximum atomic E-state index is 12.3. The summed E-state index contributed by atoms with van der Waals surface area (Å²) in [5.41, 5.74) is -1.55. The first-order chi connectivity index (χ1) is 9.24. The number of halogens is 3. The zero-order valence-corrected chi connectivity index (χ0v) is 10.0. The molecule has 104 valence electrons. The number of rotatable bonds is 4. The number of alkyl halides is 3. The van der Waals surface area contributed by atoms with E-state index in [4.69, 9.17) is 10.4 Å². The zero-order chi connectivity index (χ0) is 15.3. The van der Waals surface area contributed by atoms with Crippen molar-refractivity contribution in [2.24, 2.45) is 0 Å². The minimum atomic E-state index is -4.71. The summed E-state index contributed by atoms with van der Waals surface area (Å²) >= 11 is 0. The van der Waals surface area contributed by atoms with Crippen LogP contribution in [0, 0.1) is 11.3 Å². The molecule has 0 spiro atoms. The number of aliphatic carboxylic acids is 1. The van der Waals surface area contributed by atoms with Gasteiger partial charge in [0.05, 0.1) is 17.2 Å². The second kappa shape index (κ2) is 5.93. The highest BCUT2D eigenvalue weighted by atomic mass is 19.4. The lowest BCUT2D eigenvalue weighted by Gasteiger charge is -2.10. The molecule has 0 aliphatic carbocycles. The lowest BCUT2D eigenvalue weighted by Crippen LogP contribution is -2.15. The van der Waals surface area contributed by atoms with E-state index >= 15 is 0 Å². The molecule has 2 N–H and O–H groups in total. The van der Waals surface area contributed by atoms with Crippen LogP contribution in [0.1, 0.15) is 5.56 Å². The lowest BCUT2D eigenvalue weighted by molar-refractivity contribution is -0.132. The van der Waals surface area contributed by atoms with Gasteiger partial charge in [-0.05, 0) is 24.3 Å². The summed E-state index contributed by atoms with van der Waals surface area (Å²) in [6.07, 6.45) is -4.32. The van der Waals surface area contributed by atoms with Crippen LogP contribution < -0.4 is 5.32 Å². The summed E-state index contributed by atoms with van der Waals surface area (Å²) in [7, 11) is 0. The van der Waals surface area contributed by atoms with Crippen LogP contribution in [-0.4, -0.2) is 17.3 Å². The van der Waals surface area contributed by atoms with Crippen LogP contribution >= 0.6 is 0 Å². The van der Waals surface area contributed by atoms with Gasteiger partial charge in [0.25, 0.3) is 0 Å². The molecule has 0 atom stereocenters. The standard InChI is InChI=1S/C13H9F3N2O2/c1-8(13(14,15)16)5-11(12(19)20)18-10-4-2-3-9(6-10)7-17/h2-6,18H,1H2,(H,19,20)/b11-5-. The lowest BCUT2D eigenvalue weighted by atomic mass is 10.2. The maximum absolute atomic E-state index is 12.3. The van der Waals surface area contributed by atoms with E-state index in [0.29, 0.717) is 6.08 Å². The summed E-state index contributed by atoms with van der Waals surface area (Å²) in [6.45, 7) is 2.77. The Labute approximate surface area is 112 Å². The van der Waals surface area contributed by atoms with Gasteiger partial charge in [0.15, 0.2) is 0 Å². The maximum Gasteiger partial charge on any atom is 0.415 e. The minimum absolute atomic E-state index is 0.188. The third-order valence-corrected chi connectivity index (χ3v) is 2.18. The molecule has 1 aromatic rings. The van der Waals surface area contributed by atoms with Crippen molar-refractivity contribution in [1.29, 1.82) is 5.26 Å². The molecule has 0 saturated carbocycles. The van der Waals surface area contributed by atoms with Gasteiger partial charge in [0, 0.05) is 5.69 Å². The fourth-order valence-corrected chi connectivity index (χ4v) is 1.23. The first-order valence-electron chi connectivity index (χ1n) is 5.22. The number of nitriles is 1. The van der Waals surface area contributed by atoms with Gasteiger partial charge in [-0.1, -0.05) is 12.6 Å². The summed E-state index contributed by atoms with van der Waals surface area (Å²) in [5.74, 6) is -1.57. The fourth-order valence-electron chi connectivity index (χ4n) is 1.23. The van der Waals surface area contributed by atoms with Crippen molar-refractivity contribution in [3.05, 3.63) is 53.8 Å². The highest BCUT2D eigenvalue weighted by molar-refractivity contribution is 5.90. The molecule has 0 saturated heterocycles. The molecule has 0 amide bonds. The minimum Gasteiger partial charge on any atom is -0.477 e. The van der Waals surface area contributed by atoms with Crippen molar-refractivity contribution in [2.45, 2.75) is 6.18 Å². The predicted octanol–water partition coefficient (Wildman–Crippen LogP) is 3.06. The number of anilines is 1. The van der Waals surface area contributed by atoms with Crippen LogP contribution in [0.2, 0.25) is 0 Å². The third kappa shape index (κ3) is 4.17. The topological polar surface area (TPSA) is 73.1 Å². The van der Waals surface area contributed by atoms with Gasteiger partial charge in [0.1, 0.15) is 5.70 Å². The monoisotopic (exact) mass is 282 g/mol. The molecule has 1 aromatic carbocycles. The Balaban J connectivity index is 3.05. The van der Waals surface area contributed by atoms with Crippen molar-refractivity contribution in [3.63, 3.8) is 0 Å². The molecule has 1 rings (SSSR count). The first-order valence-corrected chi connectivity index (χ1v) is 5.22. The van der Waals surface area contributed by atoms with Gasteiger partial charge in [-0.15, -0.1) is 0 Å². The van der Waals surface area contributed by atoms with E-state index in [0.717, 1.165) is 0 Å². The number of allylic oxidation sites excluding steroid dienone is 2. The molecular weight excluding hydrogens is 273 g/mol. The molecule has 20 heavy (non-hydrogen) atoms. The molecule has 0 heterocycles. The van der Waals surface area contributed by atoms with E-state index in [2.05, 4.69) is 11.9 Å². The largest absolute Gasteiger partial charge is 0.477 e. The summed E-state index contributed by atoms with van der Waals surface area (Å²) in [6, 6.07) is 7.51. The molecule has 0 bridgehead atoms. The summed E-state index contributed by atoms with van der Waals surface area (Å²) in [4.78, 5) is 10.9. The third-order valence-electron chi connectivity index (χ3n) is 2.18.